The van der Waals surface area contributed by atoms with Gasteiger partial charge in [-0.05, 0) is 35.9 Å². The standard InChI is InChI=1S/C19H18ClNO2S2/c1-22-17-8-5-14(9-18(17)23-2)19-21-16(12-25-19)11-24-10-13-3-6-15(20)7-4-13/h3-9,12H,10-11H2,1-2H3. The number of halogens is 1. The van der Waals surface area contributed by atoms with Crippen molar-refractivity contribution in [3.8, 4) is 22.1 Å². The minimum atomic E-state index is 0.717. The lowest BCUT2D eigenvalue weighted by molar-refractivity contribution is 0.355. The Kier molecular flexibility index (Phi) is 6.24. The second-order valence-electron chi connectivity index (χ2n) is 5.33. The van der Waals surface area contributed by atoms with Crippen molar-refractivity contribution in [3.05, 3.63) is 64.1 Å². The first-order chi connectivity index (χ1) is 12.2. The molecule has 3 rings (SSSR count). The lowest BCUT2D eigenvalue weighted by Gasteiger charge is -2.08. The van der Waals surface area contributed by atoms with Gasteiger partial charge in [0.05, 0.1) is 19.9 Å². The minimum absolute atomic E-state index is 0.717. The number of thiazole rings is 1. The summed E-state index contributed by atoms with van der Waals surface area (Å²) in [6, 6.07) is 13.8. The van der Waals surface area contributed by atoms with Gasteiger partial charge >= 0.3 is 0 Å². The molecule has 0 bridgehead atoms. The maximum Gasteiger partial charge on any atom is 0.161 e. The van der Waals surface area contributed by atoms with Crippen LogP contribution in [0, 0.1) is 0 Å². The first-order valence-corrected chi connectivity index (χ1v) is 10.1. The fourth-order valence-corrected chi connectivity index (χ4v) is 4.26. The molecular weight excluding hydrogens is 374 g/mol. The van der Waals surface area contributed by atoms with E-state index < -0.39 is 0 Å². The Balaban J connectivity index is 1.63. The molecule has 1 aromatic heterocycles. The first-order valence-electron chi connectivity index (χ1n) is 7.68. The Hall–Kier alpha value is -1.69. The van der Waals surface area contributed by atoms with E-state index in [0.717, 1.165) is 38.5 Å². The number of rotatable bonds is 7. The van der Waals surface area contributed by atoms with Gasteiger partial charge in [0.25, 0.3) is 0 Å². The van der Waals surface area contributed by atoms with Crippen LogP contribution in [0.4, 0.5) is 0 Å². The fraction of sp³-hybridized carbons (Fsp3) is 0.211. The number of aromatic nitrogens is 1. The molecule has 6 heteroatoms. The van der Waals surface area contributed by atoms with E-state index in [1.165, 1.54) is 5.56 Å². The normalized spacial score (nSPS) is 10.7. The number of thioether (sulfide) groups is 1. The number of hydrogen-bond donors (Lipinski definition) is 0. The zero-order valence-electron chi connectivity index (χ0n) is 14.0. The number of ether oxygens (including phenoxy) is 2. The summed E-state index contributed by atoms with van der Waals surface area (Å²) in [6.07, 6.45) is 0. The summed E-state index contributed by atoms with van der Waals surface area (Å²) >= 11 is 9.40. The average molecular weight is 392 g/mol. The van der Waals surface area contributed by atoms with Gasteiger partial charge in [-0.2, -0.15) is 11.8 Å². The van der Waals surface area contributed by atoms with Gasteiger partial charge in [-0.15, -0.1) is 11.3 Å². The van der Waals surface area contributed by atoms with E-state index in [1.807, 2.05) is 42.1 Å². The van der Waals surface area contributed by atoms with E-state index in [-0.39, 0.29) is 0 Å². The van der Waals surface area contributed by atoms with E-state index in [2.05, 4.69) is 17.5 Å². The van der Waals surface area contributed by atoms with Crippen molar-refractivity contribution in [3.63, 3.8) is 0 Å². The maximum absolute atomic E-state index is 5.91. The molecule has 3 aromatic rings. The highest BCUT2D eigenvalue weighted by molar-refractivity contribution is 7.97. The number of hydrogen-bond acceptors (Lipinski definition) is 5. The maximum atomic E-state index is 5.91. The van der Waals surface area contributed by atoms with Crippen LogP contribution in [0.25, 0.3) is 10.6 Å². The second-order valence-corrected chi connectivity index (χ2v) is 7.61. The minimum Gasteiger partial charge on any atom is -0.493 e. The quantitative estimate of drug-likeness (QED) is 0.500. The van der Waals surface area contributed by atoms with Gasteiger partial charge in [-0.1, -0.05) is 23.7 Å². The molecule has 0 N–H and O–H groups in total. The summed E-state index contributed by atoms with van der Waals surface area (Å²) in [5, 5.41) is 3.87. The van der Waals surface area contributed by atoms with Gasteiger partial charge in [0.15, 0.2) is 11.5 Å². The number of nitrogens with zero attached hydrogens (tertiary/aromatic N) is 1. The van der Waals surface area contributed by atoms with Gasteiger partial charge in [0, 0.05) is 27.5 Å². The summed E-state index contributed by atoms with van der Waals surface area (Å²) in [5.41, 5.74) is 3.40. The van der Waals surface area contributed by atoms with Crippen LogP contribution in [-0.4, -0.2) is 19.2 Å². The van der Waals surface area contributed by atoms with Crippen LogP contribution in [0.3, 0.4) is 0 Å². The third-order valence-corrected chi connectivity index (χ3v) is 5.84. The lowest BCUT2D eigenvalue weighted by atomic mass is 10.2. The van der Waals surface area contributed by atoms with Crippen LogP contribution in [-0.2, 0) is 11.5 Å². The molecule has 0 amide bonds. The second kappa shape index (κ2) is 8.61. The Bertz CT molecular complexity index is 834. The van der Waals surface area contributed by atoms with E-state index >= 15 is 0 Å². The summed E-state index contributed by atoms with van der Waals surface area (Å²) in [7, 11) is 3.28. The largest absolute Gasteiger partial charge is 0.493 e. The molecule has 130 valence electrons. The van der Waals surface area contributed by atoms with Gasteiger partial charge in [0.2, 0.25) is 0 Å². The van der Waals surface area contributed by atoms with Crippen molar-refractivity contribution in [2.24, 2.45) is 0 Å². The van der Waals surface area contributed by atoms with Crippen LogP contribution < -0.4 is 9.47 Å². The summed E-state index contributed by atoms with van der Waals surface area (Å²) in [5.74, 6) is 3.27. The molecule has 0 aliphatic carbocycles. The fourth-order valence-electron chi connectivity index (χ4n) is 2.33. The van der Waals surface area contributed by atoms with E-state index in [9.17, 15) is 0 Å². The molecule has 0 aliphatic heterocycles. The highest BCUT2D eigenvalue weighted by Gasteiger charge is 2.09. The van der Waals surface area contributed by atoms with E-state index in [1.54, 1.807) is 25.6 Å². The highest BCUT2D eigenvalue weighted by Crippen LogP contribution is 2.34. The Morgan fingerprint density at radius 1 is 1.00 bits per heavy atom. The molecule has 0 spiro atoms. The van der Waals surface area contributed by atoms with Crippen LogP contribution >= 0.6 is 34.7 Å². The number of benzene rings is 2. The Labute approximate surface area is 161 Å². The molecule has 0 aliphatic rings. The van der Waals surface area contributed by atoms with Gasteiger partial charge in [0.1, 0.15) is 5.01 Å². The van der Waals surface area contributed by atoms with E-state index in [0.29, 0.717) is 5.75 Å². The molecular formula is C19H18ClNO2S2. The molecule has 0 saturated heterocycles. The smallest absolute Gasteiger partial charge is 0.161 e. The monoisotopic (exact) mass is 391 g/mol. The zero-order chi connectivity index (χ0) is 17.6. The molecule has 1 heterocycles. The summed E-state index contributed by atoms with van der Waals surface area (Å²) in [4.78, 5) is 4.74. The van der Waals surface area contributed by atoms with Crippen LogP contribution in [0.1, 0.15) is 11.3 Å². The zero-order valence-corrected chi connectivity index (χ0v) is 16.4. The Morgan fingerprint density at radius 2 is 1.76 bits per heavy atom. The van der Waals surface area contributed by atoms with Crippen molar-refractivity contribution in [2.45, 2.75) is 11.5 Å². The van der Waals surface area contributed by atoms with Crippen LogP contribution in [0.15, 0.2) is 47.8 Å². The average Bonchev–Trinajstić information content (AvgIpc) is 3.11. The summed E-state index contributed by atoms with van der Waals surface area (Å²) < 4.78 is 10.6. The third-order valence-electron chi connectivity index (χ3n) is 3.61. The van der Waals surface area contributed by atoms with Gasteiger partial charge < -0.3 is 9.47 Å². The SMILES string of the molecule is COc1ccc(-c2nc(CSCc3ccc(Cl)cc3)cs2)cc1OC. The third kappa shape index (κ3) is 4.69. The predicted octanol–water partition coefficient (Wildman–Crippen LogP) is 5.91. The van der Waals surface area contributed by atoms with Crippen LogP contribution in [0.2, 0.25) is 5.02 Å². The van der Waals surface area contributed by atoms with E-state index in [4.69, 9.17) is 26.1 Å². The molecule has 3 nitrogen and oxygen atoms in total. The van der Waals surface area contributed by atoms with Crippen molar-refractivity contribution in [1.29, 1.82) is 0 Å². The van der Waals surface area contributed by atoms with Crippen molar-refractivity contribution in [2.75, 3.05) is 14.2 Å². The molecule has 0 radical (unpaired) electrons. The molecule has 2 aromatic carbocycles. The van der Waals surface area contributed by atoms with Crippen molar-refractivity contribution in [1.82, 2.24) is 4.98 Å². The van der Waals surface area contributed by atoms with Crippen molar-refractivity contribution < 1.29 is 9.47 Å². The Morgan fingerprint density at radius 3 is 2.48 bits per heavy atom. The highest BCUT2D eigenvalue weighted by atomic mass is 35.5. The van der Waals surface area contributed by atoms with Gasteiger partial charge in [-0.25, -0.2) is 4.98 Å². The lowest BCUT2D eigenvalue weighted by Crippen LogP contribution is -1.91. The molecule has 0 saturated carbocycles. The topological polar surface area (TPSA) is 31.4 Å². The molecule has 0 unspecified atom stereocenters. The predicted molar refractivity (Wildman–Crippen MR) is 107 cm³/mol. The first kappa shape index (κ1) is 18.1. The van der Waals surface area contributed by atoms with Crippen molar-refractivity contribution >= 4 is 34.7 Å². The molecule has 25 heavy (non-hydrogen) atoms. The van der Waals surface area contributed by atoms with Gasteiger partial charge in [-0.3, -0.25) is 0 Å². The molecule has 0 atom stereocenters. The summed E-state index contributed by atoms with van der Waals surface area (Å²) in [6.45, 7) is 0. The number of methoxy groups -OCH3 is 2. The molecule has 0 fully saturated rings. The van der Waals surface area contributed by atoms with Crippen LogP contribution in [0.5, 0.6) is 11.5 Å².